The number of hydrogen-bond donors (Lipinski definition) is 3. The first-order valence-corrected chi connectivity index (χ1v) is 9.85. The molecule has 0 bridgehead atoms. The quantitative estimate of drug-likeness (QED) is 0.590. The monoisotopic (exact) mass is 399 g/mol. The van der Waals surface area contributed by atoms with Crippen molar-refractivity contribution < 1.29 is 27.5 Å². The lowest BCUT2D eigenvalue weighted by atomic mass is 10.2. The Morgan fingerprint density at radius 2 is 1.63 bits per heavy atom. The second kappa shape index (κ2) is 9.47. The van der Waals surface area contributed by atoms with E-state index in [0.717, 1.165) is 6.07 Å². The normalized spacial score (nSPS) is 12.6. The Balaban J connectivity index is 2.81. The SMILES string of the molecule is CC(C)NC(=O)NC(=O)[C@H](C)OC(=O)c1cccc(S(=O)(=O)NC(C)C)c1. The number of ether oxygens (including phenoxy) is 1. The highest BCUT2D eigenvalue weighted by Gasteiger charge is 2.22. The van der Waals surface area contributed by atoms with Gasteiger partial charge < -0.3 is 10.1 Å². The Labute approximate surface area is 158 Å². The van der Waals surface area contributed by atoms with Crippen LogP contribution in [0.3, 0.4) is 0 Å². The van der Waals surface area contributed by atoms with Crippen molar-refractivity contribution in [3.63, 3.8) is 0 Å². The third-order valence-corrected chi connectivity index (χ3v) is 4.74. The Kier molecular flexibility index (Phi) is 7.92. The van der Waals surface area contributed by atoms with E-state index >= 15 is 0 Å². The predicted molar refractivity (Wildman–Crippen MR) is 98.6 cm³/mol. The van der Waals surface area contributed by atoms with E-state index in [9.17, 15) is 22.8 Å². The molecule has 1 rings (SSSR count). The molecule has 3 N–H and O–H groups in total. The fourth-order valence-corrected chi connectivity index (χ4v) is 3.26. The average molecular weight is 399 g/mol. The number of amides is 3. The maximum atomic E-state index is 12.2. The van der Waals surface area contributed by atoms with Crippen molar-refractivity contribution in [1.29, 1.82) is 0 Å². The largest absolute Gasteiger partial charge is 0.449 e. The molecule has 0 saturated carbocycles. The van der Waals surface area contributed by atoms with Crippen LogP contribution in [0.5, 0.6) is 0 Å². The zero-order valence-electron chi connectivity index (χ0n) is 15.9. The number of carbonyl (C=O) groups is 3. The van der Waals surface area contributed by atoms with Gasteiger partial charge in [-0.1, -0.05) is 6.07 Å². The molecule has 1 aromatic carbocycles. The lowest BCUT2D eigenvalue weighted by Crippen LogP contribution is -2.46. The summed E-state index contributed by atoms with van der Waals surface area (Å²) in [6.45, 7) is 8.10. The van der Waals surface area contributed by atoms with Gasteiger partial charge in [-0.3, -0.25) is 10.1 Å². The Morgan fingerprint density at radius 3 is 2.19 bits per heavy atom. The molecule has 0 aliphatic rings. The van der Waals surface area contributed by atoms with E-state index in [1.807, 2.05) is 0 Å². The molecule has 0 spiro atoms. The van der Waals surface area contributed by atoms with Crippen LogP contribution in [0.4, 0.5) is 4.79 Å². The van der Waals surface area contributed by atoms with E-state index in [-0.39, 0.29) is 22.5 Å². The summed E-state index contributed by atoms with van der Waals surface area (Å²) in [5.41, 5.74) is -0.0343. The minimum Gasteiger partial charge on any atom is -0.449 e. The van der Waals surface area contributed by atoms with E-state index in [0.29, 0.717) is 0 Å². The van der Waals surface area contributed by atoms with Gasteiger partial charge in [-0.2, -0.15) is 0 Å². The van der Waals surface area contributed by atoms with Gasteiger partial charge in [0.1, 0.15) is 0 Å². The number of benzene rings is 1. The molecule has 0 fully saturated rings. The topological polar surface area (TPSA) is 131 Å². The molecular weight excluding hydrogens is 374 g/mol. The van der Waals surface area contributed by atoms with Crippen molar-refractivity contribution >= 4 is 27.9 Å². The van der Waals surface area contributed by atoms with Crippen LogP contribution in [0, 0.1) is 0 Å². The van der Waals surface area contributed by atoms with Crippen LogP contribution in [-0.2, 0) is 19.6 Å². The third kappa shape index (κ3) is 7.35. The predicted octanol–water partition coefficient (Wildman–Crippen LogP) is 1.15. The van der Waals surface area contributed by atoms with Gasteiger partial charge in [0.2, 0.25) is 10.0 Å². The molecule has 3 amide bonds. The fraction of sp³-hybridized carbons (Fsp3) is 0.471. The number of carbonyl (C=O) groups excluding carboxylic acids is 3. The first-order valence-electron chi connectivity index (χ1n) is 8.37. The first kappa shape index (κ1) is 22.6. The molecule has 0 aliphatic carbocycles. The highest BCUT2D eigenvalue weighted by atomic mass is 32.2. The molecule has 0 heterocycles. The Hall–Kier alpha value is -2.46. The molecule has 150 valence electrons. The molecule has 27 heavy (non-hydrogen) atoms. The number of imide groups is 1. The number of sulfonamides is 1. The summed E-state index contributed by atoms with van der Waals surface area (Å²) in [6.07, 6.45) is -1.25. The van der Waals surface area contributed by atoms with E-state index in [1.165, 1.54) is 25.1 Å². The summed E-state index contributed by atoms with van der Waals surface area (Å²) in [7, 11) is -3.78. The number of nitrogens with one attached hydrogen (secondary N) is 3. The summed E-state index contributed by atoms with van der Waals surface area (Å²) < 4.78 is 31.8. The zero-order chi connectivity index (χ0) is 20.8. The number of hydrogen-bond acceptors (Lipinski definition) is 6. The smallest absolute Gasteiger partial charge is 0.338 e. The van der Waals surface area contributed by atoms with Crippen LogP contribution < -0.4 is 15.4 Å². The van der Waals surface area contributed by atoms with Crippen molar-refractivity contribution in [2.45, 2.75) is 57.7 Å². The molecule has 1 aromatic rings. The van der Waals surface area contributed by atoms with Crippen LogP contribution in [0.15, 0.2) is 29.2 Å². The Morgan fingerprint density at radius 1 is 1.00 bits per heavy atom. The fourth-order valence-electron chi connectivity index (χ4n) is 1.96. The number of urea groups is 1. The van der Waals surface area contributed by atoms with Crippen molar-refractivity contribution in [3.05, 3.63) is 29.8 Å². The molecule has 0 radical (unpaired) electrons. The lowest BCUT2D eigenvalue weighted by Gasteiger charge is -2.15. The molecular formula is C17H25N3O6S. The number of rotatable bonds is 7. The summed E-state index contributed by atoms with van der Waals surface area (Å²) >= 11 is 0. The second-order valence-electron chi connectivity index (χ2n) is 6.47. The standard InChI is InChI=1S/C17H25N3O6S/c1-10(2)18-17(23)19-15(21)12(5)26-16(22)13-7-6-8-14(9-13)27(24,25)20-11(3)4/h6-12,20H,1-5H3,(H2,18,19,21,23)/t12-/m0/s1. The first-order chi connectivity index (χ1) is 12.4. The Bertz CT molecular complexity index is 805. The van der Waals surface area contributed by atoms with Gasteiger partial charge in [0.15, 0.2) is 6.10 Å². The average Bonchev–Trinajstić information content (AvgIpc) is 2.52. The van der Waals surface area contributed by atoms with E-state index in [4.69, 9.17) is 4.74 Å². The molecule has 1 atom stereocenters. The molecule has 0 saturated heterocycles. The van der Waals surface area contributed by atoms with Gasteiger partial charge >= 0.3 is 12.0 Å². The van der Waals surface area contributed by atoms with E-state index < -0.39 is 34.0 Å². The van der Waals surface area contributed by atoms with E-state index in [1.54, 1.807) is 27.7 Å². The van der Waals surface area contributed by atoms with Crippen molar-refractivity contribution in [1.82, 2.24) is 15.4 Å². The molecule has 10 heteroatoms. The van der Waals surface area contributed by atoms with Crippen molar-refractivity contribution in [3.8, 4) is 0 Å². The van der Waals surface area contributed by atoms with Crippen LogP contribution >= 0.6 is 0 Å². The summed E-state index contributed by atoms with van der Waals surface area (Å²) in [5.74, 6) is -1.68. The van der Waals surface area contributed by atoms with Crippen LogP contribution in [0.25, 0.3) is 0 Å². The minimum atomic E-state index is -3.78. The van der Waals surface area contributed by atoms with Gasteiger partial charge in [0.25, 0.3) is 5.91 Å². The molecule has 0 unspecified atom stereocenters. The summed E-state index contributed by atoms with van der Waals surface area (Å²) in [4.78, 5) is 35.5. The second-order valence-corrected chi connectivity index (χ2v) is 8.18. The minimum absolute atomic E-state index is 0.0343. The molecule has 0 aromatic heterocycles. The number of esters is 1. The molecule has 0 aliphatic heterocycles. The van der Waals surface area contributed by atoms with Gasteiger partial charge in [-0.15, -0.1) is 0 Å². The van der Waals surface area contributed by atoms with Crippen LogP contribution in [0.1, 0.15) is 45.0 Å². The molecule has 9 nitrogen and oxygen atoms in total. The zero-order valence-corrected chi connectivity index (χ0v) is 16.7. The highest BCUT2D eigenvalue weighted by molar-refractivity contribution is 7.89. The van der Waals surface area contributed by atoms with Gasteiger partial charge in [0.05, 0.1) is 10.5 Å². The maximum absolute atomic E-state index is 12.2. The van der Waals surface area contributed by atoms with Gasteiger partial charge in [-0.25, -0.2) is 22.7 Å². The maximum Gasteiger partial charge on any atom is 0.338 e. The van der Waals surface area contributed by atoms with Crippen molar-refractivity contribution in [2.24, 2.45) is 0 Å². The van der Waals surface area contributed by atoms with E-state index in [2.05, 4.69) is 15.4 Å². The summed E-state index contributed by atoms with van der Waals surface area (Å²) in [6, 6.07) is 4.08. The van der Waals surface area contributed by atoms with Gasteiger partial charge in [-0.05, 0) is 52.8 Å². The highest BCUT2D eigenvalue weighted by Crippen LogP contribution is 2.13. The lowest BCUT2D eigenvalue weighted by molar-refractivity contribution is -0.127. The summed E-state index contributed by atoms with van der Waals surface area (Å²) in [5, 5.41) is 4.52. The third-order valence-electron chi connectivity index (χ3n) is 3.08. The van der Waals surface area contributed by atoms with Crippen LogP contribution in [0.2, 0.25) is 0 Å². The van der Waals surface area contributed by atoms with Crippen molar-refractivity contribution in [2.75, 3.05) is 0 Å². The van der Waals surface area contributed by atoms with Gasteiger partial charge in [0, 0.05) is 12.1 Å². The van der Waals surface area contributed by atoms with Crippen LogP contribution in [-0.4, -0.2) is 44.5 Å².